The summed E-state index contributed by atoms with van der Waals surface area (Å²) in [5, 5.41) is 3.59. The van der Waals surface area contributed by atoms with Crippen molar-refractivity contribution in [3.05, 3.63) is 70.9 Å². The summed E-state index contributed by atoms with van der Waals surface area (Å²) < 4.78 is 5.67. The first-order chi connectivity index (χ1) is 15.5. The van der Waals surface area contributed by atoms with Crippen LogP contribution in [0.25, 0.3) is 10.9 Å². The van der Waals surface area contributed by atoms with Crippen LogP contribution in [0.4, 0.5) is 5.69 Å². The molecule has 0 saturated carbocycles. The van der Waals surface area contributed by atoms with Gasteiger partial charge in [-0.2, -0.15) is 0 Å². The highest BCUT2D eigenvalue weighted by molar-refractivity contribution is 6.06. The van der Waals surface area contributed by atoms with E-state index in [9.17, 15) is 9.59 Å². The number of nitrogens with zero attached hydrogens (tertiary/aromatic N) is 2. The van der Waals surface area contributed by atoms with E-state index in [2.05, 4.69) is 17.1 Å². The SMILES string of the molecule is CCCN1CCc2nc3ccccc3c(C(=O)OC(C)C(=O)Nc3cccc(C)c3)c2C1. The Bertz CT molecular complexity index is 1160. The summed E-state index contributed by atoms with van der Waals surface area (Å²) in [6, 6.07) is 15.1. The maximum absolute atomic E-state index is 13.4. The predicted molar refractivity (Wildman–Crippen MR) is 126 cm³/mol. The fourth-order valence-electron chi connectivity index (χ4n) is 4.23. The molecule has 166 valence electrons. The molecule has 6 heteroatoms. The summed E-state index contributed by atoms with van der Waals surface area (Å²) in [6.45, 7) is 8.26. The zero-order valence-corrected chi connectivity index (χ0v) is 18.9. The van der Waals surface area contributed by atoms with Crippen LogP contribution < -0.4 is 5.32 Å². The Labute approximate surface area is 188 Å². The second-order valence-corrected chi connectivity index (χ2v) is 8.36. The molecule has 0 radical (unpaired) electrons. The van der Waals surface area contributed by atoms with E-state index in [4.69, 9.17) is 9.72 Å². The van der Waals surface area contributed by atoms with Gasteiger partial charge < -0.3 is 10.1 Å². The molecule has 1 unspecified atom stereocenters. The number of carbonyl (C=O) groups is 2. The lowest BCUT2D eigenvalue weighted by molar-refractivity contribution is -0.123. The Morgan fingerprint density at radius 2 is 2.00 bits per heavy atom. The van der Waals surface area contributed by atoms with Crippen LogP contribution >= 0.6 is 0 Å². The van der Waals surface area contributed by atoms with Crippen molar-refractivity contribution >= 4 is 28.5 Å². The fraction of sp³-hybridized carbons (Fsp3) is 0.346. The molecular weight excluding hydrogens is 402 g/mol. The highest BCUT2D eigenvalue weighted by atomic mass is 16.5. The zero-order valence-electron chi connectivity index (χ0n) is 18.9. The smallest absolute Gasteiger partial charge is 0.339 e. The predicted octanol–water partition coefficient (Wildman–Crippen LogP) is 4.50. The number of aryl methyl sites for hydroxylation is 1. The van der Waals surface area contributed by atoms with Crippen molar-refractivity contribution < 1.29 is 14.3 Å². The Morgan fingerprint density at radius 3 is 2.78 bits per heavy atom. The Balaban J connectivity index is 1.61. The molecule has 1 atom stereocenters. The van der Waals surface area contributed by atoms with Crippen molar-refractivity contribution in [2.24, 2.45) is 0 Å². The number of amides is 1. The molecule has 2 heterocycles. The summed E-state index contributed by atoms with van der Waals surface area (Å²) in [5.41, 5.74) is 4.89. The maximum atomic E-state index is 13.4. The molecule has 0 bridgehead atoms. The number of hydrogen-bond donors (Lipinski definition) is 1. The van der Waals surface area contributed by atoms with Crippen LogP contribution in [0.1, 0.15) is 47.4 Å². The summed E-state index contributed by atoms with van der Waals surface area (Å²) in [4.78, 5) is 33.2. The minimum Gasteiger partial charge on any atom is -0.449 e. The van der Waals surface area contributed by atoms with Gasteiger partial charge in [0.2, 0.25) is 0 Å². The van der Waals surface area contributed by atoms with Crippen molar-refractivity contribution in [2.45, 2.75) is 46.3 Å². The molecule has 1 aromatic heterocycles. The fourth-order valence-corrected chi connectivity index (χ4v) is 4.23. The number of fused-ring (bicyclic) bond motifs is 2. The van der Waals surface area contributed by atoms with Crippen molar-refractivity contribution in [3.8, 4) is 0 Å². The van der Waals surface area contributed by atoms with Crippen molar-refractivity contribution in [3.63, 3.8) is 0 Å². The molecule has 1 N–H and O–H groups in total. The monoisotopic (exact) mass is 431 g/mol. The van der Waals surface area contributed by atoms with Gasteiger partial charge in [0.05, 0.1) is 11.1 Å². The third-order valence-electron chi connectivity index (χ3n) is 5.81. The van der Waals surface area contributed by atoms with Gasteiger partial charge in [-0.25, -0.2) is 4.79 Å². The third-order valence-corrected chi connectivity index (χ3v) is 5.81. The van der Waals surface area contributed by atoms with Crippen LogP contribution in [0.2, 0.25) is 0 Å². The van der Waals surface area contributed by atoms with Gasteiger partial charge in [0.15, 0.2) is 6.10 Å². The van der Waals surface area contributed by atoms with E-state index in [1.807, 2.05) is 55.5 Å². The first-order valence-electron chi connectivity index (χ1n) is 11.2. The number of carbonyl (C=O) groups excluding carboxylic acids is 2. The molecule has 4 rings (SSSR count). The second-order valence-electron chi connectivity index (χ2n) is 8.36. The Hall–Kier alpha value is -3.25. The van der Waals surface area contributed by atoms with Gasteiger partial charge in [-0.3, -0.25) is 14.7 Å². The lowest BCUT2D eigenvalue weighted by Gasteiger charge is -2.29. The largest absolute Gasteiger partial charge is 0.449 e. The summed E-state index contributed by atoms with van der Waals surface area (Å²) in [6.07, 6.45) is 0.914. The van der Waals surface area contributed by atoms with Gasteiger partial charge >= 0.3 is 5.97 Å². The number of hydrogen-bond acceptors (Lipinski definition) is 5. The van der Waals surface area contributed by atoms with Crippen molar-refractivity contribution in [1.29, 1.82) is 0 Å². The van der Waals surface area contributed by atoms with Crippen LogP contribution in [-0.4, -0.2) is 41.0 Å². The number of anilines is 1. The number of aromatic nitrogens is 1. The van der Waals surface area contributed by atoms with E-state index in [1.165, 1.54) is 0 Å². The molecule has 0 fully saturated rings. The topological polar surface area (TPSA) is 71.5 Å². The number of rotatable bonds is 6. The molecule has 0 aliphatic carbocycles. The Morgan fingerprint density at radius 1 is 1.19 bits per heavy atom. The third kappa shape index (κ3) is 4.65. The van der Waals surface area contributed by atoms with E-state index in [-0.39, 0.29) is 5.91 Å². The molecule has 1 aliphatic heterocycles. The lowest BCUT2D eigenvalue weighted by atomic mass is 9.95. The molecule has 0 saturated heterocycles. The van der Waals surface area contributed by atoms with Gasteiger partial charge in [0.1, 0.15) is 0 Å². The first kappa shape index (κ1) is 22.0. The average Bonchev–Trinajstić information content (AvgIpc) is 2.77. The summed E-state index contributed by atoms with van der Waals surface area (Å²) >= 11 is 0. The van der Waals surface area contributed by atoms with Crippen LogP contribution in [0.3, 0.4) is 0 Å². The number of benzene rings is 2. The molecule has 32 heavy (non-hydrogen) atoms. The first-order valence-corrected chi connectivity index (χ1v) is 11.2. The van der Waals surface area contributed by atoms with Crippen LogP contribution in [-0.2, 0) is 22.5 Å². The van der Waals surface area contributed by atoms with Crippen LogP contribution in [0.15, 0.2) is 48.5 Å². The molecular formula is C26H29N3O3. The normalized spacial score (nSPS) is 14.6. The van der Waals surface area contributed by atoms with Crippen molar-refractivity contribution in [1.82, 2.24) is 9.88 Å². The average molecular weight is 432 g/mol. The number of para-hydroxylation sites is 1. The standard InChI is InChI=1S/C26H29N3O3/c1-4-13-29-14-12-23-21(16-29)24(20-10-5-6-11-22(20)28-23)26(31)32-18(3)25(30)27-19-9-7-8-17(2)15-19/h5-11,15,18H,4,12-14,16H2,1-3H3,(H,27,30). The molecule has 0 spiro atoms. The molecule has 2 aromatic carbocycles. The number of ether oxygens (including phenoxy) is 1. The van der Waals surface area contributed by atoms with Gasteiger partial charge in [-0.05, 0) is 50.6 Å². The number of pyridine rings is 1. The lowest BCUT2D eigenvalue weighted by Crippen LogP contribution is -2.34. The van der Waals surface area contributed by atoms with Gasteiger partial charge in [-0.15, -0.1) is 0 Å². The summed E-state index contributed by atoms with van der Waals surface area (Å²) in [7, 11) is 0. The zero-order chi connectivity index (χ0) is 22.7. The highest BCUT2D eigenvalue weighted by Gasteiger charge is 2.28. The van der Waals surface area contributed by atoms with E-state index >= 15 is 0 Å². The number of esters is 1. The molecule has 1 aliphatic rings. The van der Waals surface area contributed by atoms with Crippen LogP contribution in [0, 0.1) is 6.92 Å². The second kappa shape index (κ2) is 9.49. The van der Waals surface area contributed by atoms with Gasteiger partial charge in [0.25, 0.3) is 5.91 Å². The van der Waals surface area contributed by atoms with E-state index in [1.54, 1.807) is 6.92 Å². The van der Waals surface area contributed by atoms with Gasteiger partial charge in [0, 0.05) is 41.8 Å². The maximum Gasteiger partial charge on any atom is 0.339 e. The minimum atomic E-state index is -0.930. The highest BCUT2D eigenvalue weighted by Crippen LogP contribution is 2.29. The number of nitrogens with one attached hydrogen (secondary N) is 1. The van der Waals surface area contributed by atoms with E-state index in [0.29, 0.717) is 17.8 Å². The Kier molecular flexibility index (Phi) is 6.51. The van der Waals surface area contributed by atoms with E-state index < -0.39 is 12.1 Å². The minimum absolute atomic E-state index is 0.358. The van der Waals surface area contributed by atoms with Crippen molar-refractivity contribution in [2.75, 3.05) is 18.4 Å². The molecule has 3 aromatic rings. The van der Waals surface area contributed by atoms with Crippen LogP contribution in [0.5, 0.6) is 0 Å². The van der Waals surface area contributed by atoms with Gasteiger partial charge in [-0.1, -0.05) is 37.3 Å². The molecule has 1 amide bonds. The summed E-state index contributed by atoms with van der Waals surface area (Å²) in [5.74, 6) is -0.839. The quantitative estimate of drug-likeness (QED) is 0.582. The molecule has 6 nitrogen and oxygen atoms in total. The van der Waals surface area contributed by atoms with E-state index in [0.717, 1.165) is 53.7 Å².